The first-order valence-corrected chi connectivity index (χ1v) is 6.31. The summed E-state index contributed by atoms with van der Waals surface area (Å²) < 4.78 is 2.47. The van der Waals surface area contributed by atoms with Gasteiger partial charge in [0.2, 0.25) is 0 Å². The van der Waals surface area contributed by atoms with Crippen LogP contribution in [0, 0.1) is 11.7 Å². The highest BCUT2D eigenvalue weighted by Gasteiger charge is 2.17. The minimum absolute atomic E-state index is 0.0558. The van der Waals surface area contributed by atoms with Gasteiger partial charge in [0, 0.05) is 29.4 Å². The number of nitrogens with one attached hydrogen (secondary N) is 1. The zero-order chi connectivity index (χ0) is 13.5. The topological polar surface area (TPSA) is 46.5 Å². The molecule has 0 aromatic carbocycles. The second-order valence-electron chi connectivity index (χ2n) is 5.49. The molecular formula is C13H18N4S. The molecule has 0 unspecified atom stereocenters. The van der Waals surface area contributed by atoms with Crippen LogP contribution in [0.5, 0.6) is 0 Å². The van der Waals surface area contributed by atoms with Gasteiger partial charge < -0.3 is 4.57 Å². The summed E-state index contributed by atoms with van der Waals surface area (Å²) in [5, 5.41) is 7.04. The largest absolute Gasteiger partial charge is 0.303 e. The van der Waals surface area contributed by atoms with Crippen LogP contribution < -0.4 is 0 Å². The molecule has 0 aliphatic carbocycles. The van der Waals surface area contributed by atoms with Crippen LogP contribution >= 0.6 is 12.2 Å². The molecular weight excluding hydrogens is 244 g/mol. The molecule has 0 bridgehead atoms. The lowest BCUT2D eigenvalue weighted by atomic mass is 9.91. The van der Waals surface area contributed by atoms with Gasteiger partial charge in [-0.15, -0.1) is 0 Å². The van der Waals surface area contributed by atoms with E-state index >= 15 is 0 Å². The summed E-state index contributed by atoms with van der Waals surface area (Å²) in [5.41, 5.74) is 3.12. The highest BCUT2D eigenvalue weighted by Crippen LogP contribution is 2.25. The summed E-state index contributed by atoms with van der Waals surface area (Å²) in [6.07, 6.45) is 0. The number of hydrogen-bond donors (Lipinski definition) is 1. The Morgan fingerprint density at radius 1 is 1.28 bits per heavy atom. The summed E-state index contributed by atoms with van der Waals surface area (Å²) >= 11 is 5.13. The van der Waals surface area contributed by atoms with Gasteiger partial charge in [-0.1, -0.05) is 20.8 Å². The van der Waals surface area contributed by atoms with Crippen LogP contribution in [0.3, 0.4) is 0 Å². The third kappa shape index (κ3) is 2.22. The highest BCUT2D eigenvalue weighted by atomic mass is 32.1. The molecule has 2 heterocycles. The molecule has 1 N–H and O–H groups in total. The van der Waals surface area contributed by atoms with E-state index in [-0.39, 0.29) is 5.41 Å². The van der Waals surface area contributed by atoms with Crippen molar-refractivity contribution in [1.29, 1.82) is 0 Å². The quantitative estimate of drug-likeness (QED) is 0.803. The van der Waals surface area contributed by atoms with Gasteiger partial charge in [0.25, 0.3) is 0 Å². The number of pyridine rings is 1. The van der Waals surface area contributed by atoms with Crippen molar-refractivity contribution in [2.75, 3.05) is 0 Å². The summed E-state index contributed by atoms with van der Waals surface area (Å²) in [5.74, 6) is 0.824. The van der Waals surface area contributed by atoms with Gasteiger partial charge in [-0.05, 0) is 31.3 Å². The number of rotatable bonds is 1. The summed E-state index contributed by atoms with van der Waals surface area (Å²) in [6, 6.07) is 4.12. The fourth-order valence-corrected chi connectivity index (χ4v) is 1.94. The summed E-state index contributed by atoms with van der Waals surface area (Å²) in [4.78, 5) is 4.67. The minimum atomic E-state index is 0.0558. The molecule has 4 nitrogen and oxygen atoms in total. The zero-order valence-corrected chi connectivity index (χ0v) is 12.2. The van der Waals surface area contributed by atoms with Crippen LogP contribution in [-0.2, 0) is 12.5 Å². The number of nitrogens with zero attached hydrogens (tertiary/aromatic N) is 3. The van der Waals surface area contributed by atoms with E-state index in [1.807, 2.05) is 18.5 Å². The van der Waals surface area contributed by atoms with Crippen molar-refractivity contribution in [1.82, 2.24) is 19.7 Å². The smallest absolute Gasteiger partial charge is 0.195 e. The Balaban J connectivity index is 2.55. The average molecular weight is 262 g/mol. The number of aryl methyl sites for hydroxylation is 1. The molecule has 0 aliphatic heterocycles. The van der Waals surface area contributed by atoms with Crippen LogP contribution in [0.4, 0.5) is 0 Å². The number of H-pyrrole nitrogens is 1. The SMILES string of the molecule is Cc1nc(C(C)(C)C)ccc1-c1n[nH]c(=S)n1C. The van der Waals surface area contributed by atoms with Gasteiger partial charge in [-0.2, -0.15) is 5.10 Å². The van der Waals surface area contributed by atoms with E-state index in [4.69, 9.17) is 12.2 Å². The van der Waals surface area contributed by atoms with E-state index in [1.165, 1.54) is 0 Å². The normalized spacial score (nSPS) is 11.8. The van der Waals surface area contributed by atoms with Gasteiger partial charge in [0.15, 0.2) is 10.6 Å². The fourth-order valence-electron chi connectivity index (χ4n) is 1.80. The molecule has 18 heavy (non-hydrogen) atoms. The molecule has 0 aliphatic rings. The number of aromatic amines is 1. The molecule has 0 fully saturated rings. The van der Waals surface area contributed by atoms with E-state index in [2.05, 4.69) is 48.1 Å². The lowest BCUT2D eigenvalue weighted by Crippen LogP contribution is -2.14. The first kappa shape index (κ1) is 13.0. The van der Waals surface area contributed by atoms with E-state index in [0.717, 1.165) is 22.8 Å². The van der Waals surface area contributed by atoms with Gasteiger partial charge in [-0.25, -0.2) is 0 Å². The predicted molar refractivity (Wildman–Crippen MR) is 75.1 cm³/mol. The fraction of sp³-hybridized carbons (Fsp3) is 0.462. The average Bonchev–Trinajstić information content (AvgIpc) is 2.59. The van der Waals surface area contributed by atoms with Crippen LogP contribution in [-0.4, -0.2) is 19.7 Å². The van der Waals surface area contributed by atoms with Gasteiger partial charge in [0.1, 0.15) is 0 Å². The second kappa shape index (κ2) is 4.31. The van der Waals surface area contributed by atoms with E-state index in [9.17, 15) is 0 Å². The molecule has 96 valence electrons. The number of aromatic nitrogens is 4. The molecule has 0 atom stereocenters. The lowest BCUT2D eigenvalue weighted by Gasteiger charge is -2.19. The summed E-state index contributed by atoms with van der Waals surface area (Å²) in [6.45, 7) is 8.47. The van der Waals surface area contributed by atoms with Crippen molar-refractivity contribution in [3.8, 4) is 11.4 Å². The minimum Gasteiger partial charge on any atom is -0.303 e. The Bertz CT molecular complexity index is 631. The monoisotopic (exact) mass is 262 g/mol. The number of hydrogen-bond acceptors (Lipinski definition) is 3. The molecule has 0 spiro atoms. The lowest BCUT2D eigenvalue weighted by molar-refractivity contribution is 0.567. The second-order valence-corrected chi connectivity index (χ2v) is 5.88. The Labute approximate surface area is 112 Å². The third-order valence-corrected chi connectivity index (χ3v) is 3.34. The molecule has 0 amide bonds. The van der Waals surface area contributed by atoms with Crippen molar-refractivity contribution in [3.63, 3.8) is 0 Å². The van der Waals surface area contributed by atoms with Crippen LogP contribution in [0.25, 0.3) is 11.4 Å². The Kier molecular flexibility index (Phi) is 3.11. The van der Waals surface area contributed by atoms with E-state index < -0.39 is 0 Å². The molecule has 0 saturated heterocycles. The molecule has 0 radical (unpaired) electrons. The highest BCUT2D eigenvalue weighted by molar-refractivity contribution is 7.71. The summed E-state index contributed by atoms with van der Waals surface area (Å²) in [7, 11) is 1.90. The molecule has 2 aromatic rings. The van der Waals surface area contributed by atoms with E-state index in [1.54, 1.807) is 0 Å². The first-order chi connectivity index (χ1) is 8.30. The Morgan fingerprint density at radius 3 is 2.39 bits per heavy atom. The standard InChI is InChI=1S/C13H18N4S/c1-8-9(11-15-16-12(18)17(11)5)6-7-10(14-8)13(2,3)4/h6-7H,1-5H3,(H,16,18). The third-order valence-electron chi connectivity index (χ3n) is 2.97. The molecule has 2 rings (SSSR count). The predicted octanol–water partition coefficient (Wildman–Crippen LogP) is 3.15. The van der Waals surface area contributed by atoms with E-state index in [0.29, 0.717) is 4.77 Å². The van der Waals surface area contributed by atoms with Crippen LogP contribution in [0.2, 0.25) is 0 Å². The van der Waals surface area contributed by atoms with Gasteiger partial charge in [-0.3, -0.25) is 10.1 Å². The van der Waals surface area contributed by atoms with Gasteiger partial charge >= 0.3 is 0 Å². The Hall–Kier alpha value is -1.49. The molecule has 0 saturated carbocycles. The molecule has 5 heteroatoms. The van der Waals surface area contributed by atoms with Crippen molar-refractivity contribution in [2.24, 2.45) is 7.05 Å². The van der Waals surface area contributed by atoms with Crippen molar-refractivity contribution >= 4 is 12.2 Å². The van der Waals surface area contributed by atoms with Crippen molar-refractivity contribution in [3.05, 3.63) is 28.3 Å². The van der Waals surface area contributed by atoms with Crippen LogP contribution in [0.1, 0.15) is 32.2 Å². The van der Waals surface area contributed by atoms with Crippen LogP contribution in [0.15, 0.2) is 12.1 Å². The van der Waals surface area contributed by atoms with Crippen molar-refractivity contribution in [2.45, 2.75) is 33.1 Å². The zero-order valence-electron chi connectivity index (χ0n) is 11.4. The maximum absolute atomic E-state index is 5.13. The Morgan fingerprint density at radius 2 is 1.94 bits per heavy atom. The first-order valence-electron chi connectivity index (χ1n) is 5.90. The maximum atomic E-state index is 5.13. The maximum Gasteiger partial charge on any atom is 0.195 e. The van der Waals surface area contributed by atoms with Gasteiger partial charge in [0.05, 0.1) is 0 Å². The van der Waals surface area contributed by atoms with Crippen molar-refractivity contribution < 1.29 is 0 Å². The molecule has 2 aromatic heterocycles.